The fraction of sp³-hybridized carbons (Fsp3) is 0. The first-order valence-electron chi connectivity index (χ1n) is 4.24. The Labute approximate surface area is 98.2 Å². The van der Waals surface area contributed by atoms with Gasteiger partial charge in [-0.3, -0.25) is 4.98 Å². The molecule has 0 spiro atoms. The first-order chi connectivity index (χ1) is 7.65. The van der Waals surface area contributed by atoms with Crippen LogP contribution in [0.1, 0.15) is 0 Å². The van der Waals surface area contributed by atoms with Crippen LogP contribution in [0.15, 0.2) is 35.2 Å². The maximum Gasteiger partial charge on any atom is 0.227 e. The molecule has 0 aliphatic heterocycles. The molecule has 2 heterocycles. The van der Waals surface area contributed by atoms with Gasteiger partial charge >= 0.3 is 0 Å². The van der Waals surface area contributed by atoms with Gasteiger partial charge in [0.2, 0.25) is 5.95 Å². The minimum Gasteiger partial charge on any atom is -0.454 e. The number of hydrogen-bond acceptors (Lipinski definition) is 3. The van der Waals surface area contributed by atoms with E-state index < -0.39 is 11.8 Å². The third-order valence-electron chi connectivity index (χ3n) is 1.69. The second-order valence-corrected chi connectivity index (χ2v) is 3.74. The number of pyridine rings is 2. The van der Waals surface area contributed by atoms with E-state index in [9.17, 15) is 8.78 Å². The summed E-state index contributed by atoms with van der Waals surface area (Å²) in [4.78, 5) is 7.06. The maximum absolute atomic E-state index is 12.8. The van der Waals surface area contributed by atoms with Gasteiger partial charge in [-0.25, -0.2) is 9.37 Å². The zero-order chi connectivity index (χ0) is 11.5. The highest BCUT2D eigenvalue weighted by molar-refractivity contribution is 9.10. The summed E-state index contributed by atoms with van der Waals surface area (Å²) in [6.07, 6.45) is 3.61. The molecule has 0 atom stereocenters. The minimum absolute atomic E-state index is 0.175. The van der Waals surface area contributed by atoms with Crippen molar-refractivity contribution in [1.29, 1.82) is 0 Å². The van der Waals surface area contributed by atoms with Crippen molar-refractivity contribution in [3.8, 4) is 11.5 Å². The third-order valence-corrected chi connectivity index (χ3v) is 2.24. The summed E-state index contributed by atoms with van der Waals surface area (Å²) in [5, 5.41) is 0. The zero-order valence-electron chi connectivity index (χ0n) is 7.82. The fourth-order valence-electron chi connectivity index (χ4n) is 1.04. The molecule has 0 aromatic carbocycles. The van der Waals surface area contributed by atoms with Crippen LogP contribution in [0, 0.1) is 11.8 Å². The molecule has 0 bridgehead atoms. The second-order valence-electron chi connectivity index (χ2n) is 2.88. The molecule has 0 unspecified atom stereocenters. The SMILES string of the molecule is Fc1cncc(Oc2cnc(F)c(Br)c2)c1. The van der Waals surface area contributed by atoms with Gasteiger partial charge in [-0.2, -0.15) is 4.39 Å². The molecule has 0 N–H and O–H groups in total. The Kier molecular flexibility index (Phi) is 3.09. The molecule has 0 fully saturated rings. The molecule has 0 aliphatic rings. The van der Waals surface area contributed by atoms with Gasteiger partial charge in [-0.05, 0) is 15.9 Å². The van der Waals surface area contributed by atoms with Crippen molar-refractivity contribution in [2.75, 3.05) is 0 Å². The molecule has 6 heteroatoms. The van der Waals surface area contributed by atoms with E-state index >= 15 is 0 Å². The number of nitrogens with zero attached hydrogens (tertiary/aromatic N) is 2. The van der Waals surface area contributed by atoms with E-state index in [0.717, 1.165) is 6.20 Å². The van der Waals surface area contributed by atoms with Crippen molar-refractivity contribution in [3.05, 3.63) is 47.0 Å². The summed E-state index contributed by atoms with van der Waals surface area (Å²) in [6.45, 7) is 0. The Morgan fingerprint density at radius 3 is 2.50 bits per heavy atom. The van der Waals surface area contributed by atoms with Gasteiger partial charge in [0.15, 0.2) is 0 Å². The highest BCUT2D eigenvalue weighted by Gasteiger charge is 2.04. The van der Waals surface area contributed by atoms with Gasteiger partial charge in [-0.15, -0.1) is 0 Å². The molecule has 3 nitrogen and oxygen atoms in total. The Hall–Kier alpha value is -1.56. The third kappa shape index (κ3) is 2.52. The number of hydrogen-bond donors (Lipinski definition) is 0. The van der Waals surface area contributed by atoms with Crippen LogP contribution in [0.5, 0.6) is 11.5 Å². The average Bonchev–Trinajstić information content (AvgIpc) is 2.24. The van der Waals surface area contributed by atoms with Gasteiger partial charge in [0.25, 0.3) is 0 Å². The van der Waals surface area contributed by atoms with Gasteiger partial charge in [0, 0.05) is 12.1 Å². The van der Waals surface area contributed by atoms with E-state index in [1.54, 1.807) is 0 Å². The van der Waals surface area contributed by atoms with Crippen LogP contribution < -0.4 is 4.74 Å². The average molecular weight is 287 g/mol. The van der Waals surface area contributed by atoms with Crippen LogP contribution in [0.3, 0.4) is 0 Å². The van der Waals surface area contributed by atoms with Crippen molar-refractivity contribution < 1.29 is 13.5 Å². The molecule has 0 radical (unpaired) electrons. The lowest BCUT2D eigenvalue weighted by atomic mass is 10.4. The molecule has 2 rings (SSSR count). The summed E-state index contributed by atoms with van der Waals surface area (Å²) in [6, 6.07) is 2.57. The van der Waals surface area contributed by atoms with Gasteiger partial charge in [0.05, 0.1) is 23.1 Å². The number of rotatable bonds is 2. The predicted molar refractivity (Wildman–Crippen MR) is 56.2 cm³/mol. The zero-order valence-corrected chi connectivity index (χ0v) is 9.41. The topological polar surface area (TPSA) is 35.0 Å². The molecule has 0 amide bonds. The van der Waals surface area contributed by atoms with E-state index in [2.05, 4.69) is 25.9 Å². The monoisotopic (exact) mass is 286 g/mol. The van der Waals surface area contributed by atoms with Crippen molar-refractivity contribution in [2.24, 2.45) is 0 Å². The normalized spacial score (nSPS) is 10.2. The molecule has 0 aliphatic carbocycles. The van der Waals surface area contributed by atoms with Gasteiger partial charge in [0.1, 0.15) is 17.3 Å². The lowest BCUT2D eigenvalue weighted by Crippen LogP contribution is -1.90. The lowest BCUT2D eigenvalue weighted by Gasteiger charge is -2.04. The van der Waals surface area contributed by atoms with E-state index in [0.29, 0.717) is 5.75 Å². The number of ether oxygens (including phenoxy) is 1. The van der Waals surface area contributed by atoms with Crippen molar-refractivity contribution in [3.63, 3.8) is 0 Å². The highest BCUT2D eigenvalue weighted by atomic mass is 79.9. The summed E-state index contributed by atoms with van der Waals surface area (Å²) in [7, 11) is 0. The Morgan fingerprint density at radius 2 is 1.81 bits per heavy atom. The van der Waals surface area contributed by atoms with Crippen molar-refractivity contribution in [2.45, 2.75) is 0 Å². The van der Waals surface area contributed by atoms with Crippen LogP contribution in [0.25, 0.3) is 0 Å². The Bertz CT molecular complexity index is 522. The smallest absolute Gasteiger partial charge is 0.227 e. The van der Waals surface area contributed by atoms with Crippen LogP contribution >= 0.6 is 15.9 Å². The van der Waals surface area contributed by atoms with Crippen molar-refractivity contribution in [1.82, 2.24) is 9.97 Å². The van der Waals surface area contributed by atoms with Crippen LogP contribution in [0.4, 0.5) is 8.78 Å². The minimum atomic E-state index is -0.635. The maximum atomic E-state index is 12.8. The van der Waals surface area contributed by atoms with E-state index in [1.807, 2.05) is 0 Å². The molecule has 2 aromatic heterocycles. The summed E-state index contributed by atoms with van der Waals surface area (Å²) >= 11 is 2.97. The summed E-state index contributed by atoms with van der Waals surface area (Å²) in [5.74, 6) is -0.627. The summed E-state index contributed by atoms with van der Waals surface area (Å²) < 4.78 is 31.0. The molecule has 0 saturated carbocycles. The van der Waals surface area contributed by atoms with E-state index in [-0.39, 0.29) is 10.2 Å². The Morgan fingerprint density at radius 1 is 1.06 bits per heavy atom. The van der Waals surface area contributed by atoms with Crippen LogP contribution in [-0.4, -0.2) is 9.97 Å². The molecule has 82 valence electrons. The standard InChI is InChI=1S/C10H5BrF2N2O/c11-9-2-8(5-15-10(9)13)16-7-1-6(12)3-14-4-7/h1-5H. The fourth-order valence-corrected chi connectivity index (χ4v) is 1.37. The molecular formula is C10H5BrF2N2O. The van der Waals surface area contributed by atoms with Gasteiger partial charge < -0.3 is 4.74 Å². The summed E-state index contributed by atoms with van der Waals surface area (Å²) in [5.41, 5.74) is 0. The number of halogens is 3. The number of aromatic nitrogens is 2. The predicted octanol–water partition coefficient (Wildman–Crippen LogP) is 3.31. The molecule has 0 saturated heterocycles. The van der Waals surface area contributed by atoms with E-state index in [4.69, 9.17) is 4.74 Å². The lowest BCUT2D eigenvalue weighted by molar-refractivity contribution is 0.465. The van der Waals surface area contributed by atoms with Gasteiger partial charge in [-0.1, -0.05) is 0 Å². The second kappa shape index (κ2) is 4.52. The molecule has 2 aromatic rings. The van der Waals surface area contributed by atoms with Crippen LogP contribution in [-0.2, 0) is 0 Å². The quantitative estimate of drug-likeness (QED) is 0.795. The Balaban J connectivity index is 2.24. The van der Waals surface area contributed by atoms with E-state index in [1.165, 1.54) is 24.5 Å². The van der Waals surface area contributed by atoms with Crippen molar-refractivity contribution >= 4 is 15.9 Å². The molecule has 16 heavy (non-hydrogen) atoms. The molecular weight excluding hydrogens is 282 g/mol. The van der Waals surface area contributed by atoms with Crippen LogP contribution in [0.2, 0.25) is 0 Å². The highest BCUT2D eigenvalue weighted by Crippen LogP contribution is 2.24. The first-order valence-corrected chi connectivity index (χ1v) is 5.04. The largest absolute Gasteiger partial charge is 0.454 e. The first kappa shape index (κ1) is 10.9.